The fraction of sp³-hybridized carbons (Fsp3) is 0.609. The smallest absolute Gasteiger partial charge is 0.335 e. The van der Waals surface area contributed by atoms with Crippen molar-refractivity contribution in [3.8, 4) is 0 Å². The van der Waals surface area contributed by atoms with Crippen LogP contribution in [0.4, 0.5) is 0 Å². The number of fused-ring (bicyclic) bond motifs is 3. The van der Waals surface area contributed by atoms with Crippen LogP contribution in [0.25, 0.3) is 10.9 Å². The highest BCUT2D eigenvalue weighted by atomic mass is 16.4. The van der Waals surface area contributed by atoms with Crippen molar-refractivity contribution in [1.29, 1.82) is 0 Å². The van der Waals surface area contributed by atoms with Gasteiger partial charge >= 0.3 is 5.97 Å². The molecule has 0 aliphatic heterocycles. The van der Waals surface area contributed by atoms with Gasteiger partial charge in [-0.2, -0.15) is 0 Å². The predicted molar refractivity (Wildman–Crippen MR) is 108 cm³/mol. The molecule has 142 valence electrons. The largest absolute Gasteiger partial charge is 0.478 e. The third-order valence-electron chi connectivity index (χ3n) is 6.32. The number of carbonyl (C=O) groups is 1. The first-order chi connectivity index (χ1) is 12.4. The molecule has 1 unspecified atom stereocenters. The third-order valence-corrected chi connectivity index (χ3v) is 6.32. The molecule has 1 aliphatic carbocycles. The summed E-state index contributed by atoms with van der Waals surface area (Å²) in [7, 11) is 0. The van der Waals surface area contributed by atoms with Crippen LogP contribution in [0.3, 0.4) is 0 Å². The second-order valence-corrected chi connectivity index (χ2v) is 8.68. The number of carboxylic acid groups (broad SMARTS) is 1. The van der Waals surface area contributed by atoms with Gasteiger partial charge < -0.3 is 10.1 Å². The van der Waals surface area contributed by atoms with Gasteiger partial charge in [0.25, 0.3) is 0 Å². The highest BCUT2D eigenvalue weighted by Gasteiger charge is 2.37. The van der Waals surface area contributed by atoms with E-state index in [0.29, 0.717) is 16.9 Å². The molecule has 1 aromatic heterocycles. The Morgan fingerprint density at radius 3 is 2.65 bits per heavy atom. The van der Waals surface area contributed by atoms with E-state index in [-0.39, 0.29) is 0 Å². The van der Waals surface area contributed by atoms with Gasteiger partial charge in [-0.1, -0.05) is 65.4 Å². The number of benzene rings is 1. The summed E-state index contributed by atoms with van der Waals surface area (Å²) in [5, 5.41) is 10.5. The predicted octanol–water partition coefficient (Wildman–Crippen LogP) is 6.67. The zero-order chi connectivity index (χ0) is 18.7. The Morgan fingerprint density at radius 1 is 1.19 bits per heavy atom. The van der Waals surface area contributed by atoms with Crippen LogP contribution in [0.2, 0.25) is 0 Å². The Balaban J connectivity index is 1.83. The fourth-order valence-corrected chi connectivity index (χ4v) is 4.68. The molecule has 0 bridgehead atoms. The van der Waals surface area contributed by atoms with E-state index in [2.05, 4.69) is 25.8 Å². The standard InChI is InChI=1S/C23H33NO2/c1-4-5-6-7-8-9-10-18-21-17-12-11-16(22(25)26)15-20(17)24-19(21)13-14-23(18,2)3/h11-12,15,18,24H,4-10,13-14H2,1-3H3,(H,25,26). The third kappa shape index (κ3) is 3.82. The van der Waals surface area contributed by atoms with Crippen LogP contribution in [0.5, 0.6) is 0 Å². The van der Waals surface area contributed by atoms with Crippen LogP contribution in [-0.2, 0) is 6.42 Å². The lowest BCUT2D eigenvalue weighted by Gasteiger charge is -2.39. The lowest BCUT2D eigenvalue weighted by Crippen LogP contribution is -2.28. The average Bonchev–Trinajstić information content (AvgIpc) is 2.97. The van der Waals surface area contributed by atoms with Gasteiger partial charge in [-0.3, -0.25) is 0 Å². The second-order valence-electron chi connectivity index (χ2n) is 8.68. The minimum Gasteiger partial charge on any atom is -0.478 e. The van der Waals surface area contributed by atoms with Gasteiger partial charge in [0.2, 0.25) is 0 Å². The van der Waals surface area contributed by atoms with E-state index in [0.717, 1.165) is 11.9 Å². The Hall–Kier alpha value is -1.77. The number of unbranched alkanes of at least 4 members (excludes halogenated alkanes) is 5. The van der Waals surface area contributed by atoms with E-state index < -0.39 is 5.97 Å². The van der Waals surface area contributed by atoms with Crippen molar-refractivity contribution in [1.82, 2.24) is 4.98 Å². The summed E-state index contributed by atoms with van der Waals surface area (Å²) >= 11 is 0. The molecule has 0 fully saturated rings. The van der Waals surface area contributed by atoms with Crippen molar-refractivity contribution in [2.24, 2.45) is 5.41 Å². The van der Waals surface area contributed by atoms with Crippen molar-refractivity contribution in [3.05, 3.63) is 35.0 Å². The Labute approximate surface area is 157 Å². The molecule has 1 aliphatic rings. The molecule has 0 saturated heterocycles. The van der Waals surface area contributed by atoms with Gasteiger partial charge in [0.15, 0.2) is 0 Å². The van der Waals surface area contributed by atoms with Gasteiger partial charge in [-0.05, 0) is 48.3 Å². The van der Waals surface area contributed by atoms with Crippen LogP contribution >= 0.6 is 0 Å². The summed E-state index contributed by atoms with van der Waals surface area (Å²) < 4.78 is 0. The minimum atomic E-state index is -0.858. The van der Waals surface area contributed by atoms with Crippen LogP contribution in [0.15, 0.2) is 18.2 Å². The van der Waals surface area contributed by atoms with Gasteiger partial charge in [0, 0.05) is 16.6 Å². The lowest BCUT2D eigenvalue weighted by molar-refractivity contribution is 0.0697. The highest BCUT2D eigenvalue weighted by molar-refractivity contribution is 5.95. The van der Waals surface area contributed by atoms with E-state index in [4.69, 9.17) is 0 Å². The summed E-state index contributed by atoms with van der Waals surface area (Å²) in [5.74, 6) is -0.301. The van der Waals surface area contributed by atoms with Crippen molar-refractivity contribution >= 4 is 16.9 Å². The Bertz CT molecular complexity index is 772. The first-order valence-corrected chi connectivity index (χ1v) is 10.3. The number of hydrogen-bond acceptors (Lipinski definition) is 1. The lowest BCUT2D eigenvalue weighted by atomic mass is 9.65. The number of aromatic carboxylic acids is 1. The maximum atomic E-state index is 11.3. The molecule has 0 amide bonds. The number of aryl methyl sites for hydroxylation is 1. The summed E-state index contributed by atoms with van der Waals surface area (Å²) in [6.07, 6.45) is 11.5. The number of aromatic nitrogens is 1. The molecule has 1 atom stereocenters. The molecule has 3 nitrogen and oxygen atoms in total. The molecule has 26 heavy (non-hydrogen) atoms. The molecule has 0 saturated carbocycles. The molecule has 2 aromatic rings. The number of rotatable bonds is 8. The first-order valence-electron chi connectivity index (χ1n) is 10.3. The average molecular weight is 356 g/mol. The van der Waals surface area contributed by atoms with E-state index in [1.807, 2.05) is 6.07 Å². The van der Waals surface area contributed by atoms with Crippen LogP contribution in [-0.4, -0.2) is 16.1 Å². The number of H-pyrrole nitrogens is 1. The molecule has 3 rings (SSSR count). The van der Waals surface area contributed by atoms with Gasteiger partial charge in [-0.25, -0.2) is 4.79 Å². The second kappa shape index (κ2) is 7.85. The Kier molecular flexibility index (Phi) is 5.74. The SMILES string of the molecule is CCCCCCCCC1c2c([nH]c3cc(C(=O)O)ccc23)CCC1(C)C. The van der Waals surface area contributed by atoms with Crippen LogP contribution in [0, 0.1) is 5.41 Å². The van der Waals surface area contributed by atoms with Gasteiger partial charge in [-0.15, -0.1) is 0 Å². The van der Waals surface area contributed by atoms with E-state index in [9.17, 15) is 9.90 Å². The normalized spacial score (nSPS) is 18.8. The summed E-state index contributed by atoms with van der Waals surface area (Å²) in [5.41, 5.74) is 4.44. The van der Waals surface area contributed by atoms with E-state index >= 15 is 0 Å². The summed E-state index contributed by atoms with van der Waals surface area (Å²) in [4.78, 5) is 14.8. The van der Waals surface area contributed by atoms with Crippen molar-refractivity contribution in [2.75, 3.05) is 0 Å². The van der Waals surface area contributed by atoms with Crippen LogP contribution < -0.4 is 0 Å². The van der Waals surface area contributed by atoms with Crippen LogP contribution in [0.1, 0.15) is 99.7 Å². The molecular weight excluding hydrogens is 322 g/mol. The van der Waals surface area contributed by atoms with E-state index in [1.165, 1.54) is 68.0 Å². The number of hydrogen-bond donors (Lipinski definition) is 2. The molecule has 0 radical (unpaired) electrons. The van der Waals surface area contributed by atoms with E-state index in [1.54, 1.807) is 12.1 Å². The van der Waals surface area contributed by atoms with Gasteiger partial charge in [0.05, 0.1) is 5.56 Å². The first kappa shape index (κ1) is 19.0. The van der Waals surface area contributed by atoms with Gasteiger partial charge in [0.1, 0.15) is 0 Å². The molecule has 0 spiro atoms. The fourth-order valence-electron chi connectivity index (χ4n) is 4.68. The summed E-state index contributed by atoms with van der Waals surface area (Å²) in [6, 6.07) is 5.57. The maximum absolute atomic E-state index is 11.3. The molecule has 3 heteroatoms. The minimum absolute atomic E-state index is 0.303. The monoisotopic (exact) mass is 355 g/mol. The number of nitrogens with one attached hydrogen (secondary N) is 1. The highest BCUT2D eigenvalue weighted by Crippen LogP contribution is 2.50. The molecule has 1 aromatic carbocycles. The Morgan fingerprint density at radius 2 is 1.92 bits per heavy atom. The summed E-state index contributed by atoms with van der Waals surface area (Å²) in [6.45, 7) is 7.07. The quantitative estimate of drug-likeness (QED) is 0.519. The van der Waals surface area contributed by atoms with Crippen molar-refractivity contribution < 1.29 is 9.90 Å². The van der Waals surface area contributed by atoms with Crippen molar-refractivity contribution in [3.63, 3.8) is 0 Å². The molecule has 2 N–H and O–H groups in total. The molecule has 1 heterocycles. The number of aromatic amines is 1. The topological polar surface area (TPSA) is 53.1 Å². The zero-order valence-electron chi connectivity index (χ0n) is 16.5. The molecular formula is C23H33NO2. The van der Waals surface area contributed by atoms with Crippen molar-refractivity contribution in [2.45, 2.75) is 84.5 Å². The maximum Gasteiger partial charge on any atom is 0.335 e. The zero-order valence-corrected chi connectivity index (χ0v) is 16.5. The number of carboxylic acids is 1.